The fraction of sp³-hybridized carbons (Fsp3) is 0.300. The van der Waals surface area contributed by atoms with Crippen molar-refractivity contribution in [3.8, 4) is 0 Å². The number of anilines is 1. The van der Waals surface area contributed by atoms with Crippen LogP contribution in [0.15, 0.2) is 35.4 Å². The Morgan fingerprint density at radius 2 is 1.93 bits per heavy atom. The van der Waals surface area contributed by atoms with Crippen LogP contribution >= 0.6 is 11.3 Å². The number of benzene rings is 1. The Hall–Kier alpha value is -3.20. The number of fused-ring (bicyclic) bond motifs is 1. The van der Waals surface area contributed by atoms with Gasteiger partial charge in [0.25, 0.3) is 5.56 Å². The number of nitrogens with two attached hydrogens (primary N) is 1. The molecule has 9 heteroatoms. The molecule has 1 unspecified atom stereocenters. The first kappa shape index (κ1) is 20.5. The molecule has 1 aromatic carbocycles. The summed E-state index contributed by atoms with van der Waals surface area (Å²) in [6.45, 7) is 6.01. The van der Waals surface area contributed by atoms with E-state index in [0.717, 1.165) is 20.8 Å². The minimum absolute atomic E-state index is 0.116. The van der Waals surface area contributed by atoms with Crippen molar-refractivity contribution in [2.24, 2.45) is 5.73 Å². The Morgan fingerprint density at radius 3 is 2.59 bits per heavy atom. The molecule has 0 spiro atoms. The van der Waals surface area contributed by atoms with Crippen molar-refractivity contribution in [2.45, 2.75) is 39.8 Å². The minimum Gasteiger partial charge on any atom is -0.351 e. The minimum atomic E-state index is -0.630. The van der Waals surface area contributed by atoms with Crippen molar-refractivity contribution in [1.29, 1.82) is 0 Å². The molecular formula is C20H23N5O3S. The maximum absolute atomic E-state index is 12.7. The number of carbonyl (C=O) groups excluding carboxylic acids is 2. The number of primary amides is 1. The van der Waals surface area contributed by atoms with Gasteiger partial charge in [0.05, 0.1) is 17.8 Å². The predicted octanol–water partition coefficient (Wildman–Crippen LogP) is 2.83. The molecular weight excluding hydrogens is 390 g/mol. The van der Waals surface area contributed by atoms with E-state index in [0.29, 0.717) is 11.1 Å². The van der Waals surface area contributed by atoms with Gasteiger partial charge in [-0.1, -0.05) is 12.1 Å². The highest BCUT2D eigenvalue weighted by Gasteiger charge is 2.14. The Bertz CT molecular complexity index is 1120. The molecule has 0 bridgehead atoms. The third-order valence-electron chi connectivity index (χ3n) is 4.79. The van der Waals surface area contributed by atoms with E-state index in [-0.39, 0.29) is 30.5 Å². The van der Waals surface area contributed by atoms with Gasteiger partial charge in [-0.15, -0.1) is 11.3 Å². The van der Waals surface area contributed by atoms with E-state index in [2.05, 4.69) is 15.6 Å². The summed E-state index contributed by atoms with van der Waals surface area (Å²) in [5, 5.41) is 6.03. The van der Waals surface area contributed by atoms with Gasteiger partial charge in [0.15, 0.2) is 0 Å². The van der Waals surface area contributed by atoms with E-state index in [1.807, 2.05) is 20.8 Å². The van der Waals surface area contributed by atoms with Crippen LogP contribution in [0.2, 0.25) is 0 Å². The molecule has 2 aromatic heterocycles. The van der Waals surface area contributed by atoms with Crippen molar-refractivity contribution in [1.82, 2.24) is 14.9 Å². The van der Waals surface area contributed by atoms with E-state index in [1.54, 1.807) is 24.3 Å². The normalized spacial score (nSPS) is 12.0. The third kappa shape index (κ3) is 4.62. The summed E-state index contributed by atoms with van der Waals surface area (Å²) in [5.74, 6) is -0.165. The van der Waals surface area contributed by atoms with Crippen LogP contribution in [0.4, 0.5) is 10.5 Å². The van der Waals surface area contributed by atoms with Gasteiger partial charge in [-0.3, -0.25) is 14.2 Å². The summed E-state index contributed by atoms with van der Waals surface area (Å²) in [7, 11) is 0. The van der Waals surface area contributed by atoms with Gasteiger partial charge in [-0.05, 0) is 44.0 Å². The number of nitrogens with zero attached hydrogens (tertiary/aromatic N) is 2. The Morgan fingerprint density at radius 1 is 1.24 bits per heavy atom. The molecule has 1 atom stereocenters. The lowest BCUT2D eigenvalue weighted by atomic mass is 10.1. The third-order valence-corrected chi connectivity index (χ3v) is 5.91. The molecule has 0 fully saturated rings. The molecule has 0 saturated heterocycles. The van der Waals surface area contributed by atoms with Gasteiger partial charge in [-0.2, -0.15) is 0 Å². The number of carbonyl (C=O) groups is 2. The van der Waals surface area contributed by atoms with Crippen LogP contribution in [0.25, 0.3) is 10.2 Å². The zero-order chi connectivity index (χ0) is 21.1. The Labute approximate surface area is 171 Å². The van der Waals surface area contributed by atoms with Gasteiger partial charge >= 0.3 is 6.03 Å². The van der Waals surface area contributed by atoms with Crippen molar-refractivity contribution in [3.05, 3.63) is 57.0 Å². The number of aryl methyl sites for hydroxylation is 3. The second-order valence-corrected chi connectivity index (χ2v) is 8.06. The van der Waals surface area contributed by atoms with Gasteiger partial charge in [0.2, 0.25) is 5.91 Å². The molecule has 2 heterocycles. The van der Waals surface area contributed by atoms with Crippen molar-refractivity contribution >= 4 is 39.2 Å². The Kier molecular flexibility index (Phi) is 5.97. The van der Waals surface area contributed by atoms with Crippen LogP contribution in [0, 0.1) is 13.8 Å². The molecule has 0 radical (unpaired) electrons. The molecule has 0 aliphatic rings. The summed E-state index contributed by atoms with van der Waals surface area (Å²) in [5.41, 5.74) is 7.39. The lowest BCUT2D eigenvalue weighted by Crippen LogP contribution is -2.29. The molecule has 0 aliphatic heterocycles. The number of aromatic nitrogens is 2. The van der Waals surface area contributed by atoms with Crippen LogP contribution in [-0.4, -0.2) is 21.5 Å². The molecule has 0 aliphatic carbocycles. The van der Waals surface area contributed by atoms with Crippen LogP contribution in [0.5, 0.6) is 0 Å². The molecule has 8 nitrogen and oxygen atoms in total. The number of urea groups is 1. The fourth-order valence-corrected chi connectivity index (χ4v) is 4.03. The summed E-state index contributed by atoms with van der Waals surface area (Å²) < 4.78 is 1.48. The standard InChI is InChI=1S/C20H23N5O3S/c1-11-13(3)29-18-17(11)19(27)25(10-22-18)9-8-16(26)23-12(2)14-4-6-15(7-5-14)24-20(21)28/h4-7,10,12H,8-9H2,1-3H3,(H,23,26)(H3,21,24,28). The van der Waals surface area contributed by atoms with Crippen LogP contribution in [0.1, 0.15) is 35.4 Å². The van der Waals surface area contributed by atoms with Gasteiger partial charge in [0, 0.05) is 23.5 Å². The monoisotopic (exact) mass is 413 g/mol. The largest absolute Gasteiger partial charge is 0.351 e. The summed E-state index contributed by atoms with van der Waals surface area (Å²) >= 11 is 1.50. The molecule has 3 rings (SSSR count). The predicted molar refractivity (Wildman–Crippen MR) is 114 cm³/mol. The molecule has 3 amide bonds. The zero-order valence-electron chi connectivity index (χ0n) is 16.5. The van der Waals surface area contributed by atoms with Crippen LogP contribution in [0.3, 0.4) is 0 Å². The van der Waals surface area contributed by atoms with Gasteiger partial charge < -0.3 is 16.4 Å². The van der Waals surface area contributed by atoms with Crippen LogP contribution in [-0.2, 0) is 11.3 Å². The second kappa shape index (κ2) is 8.44. The highest BCUT2D eigenvalue weighted by atomic mass is 32.1. The number of thiophene rings is 1. The topological polar surface area (TPSA) is 119 Å². The Balaban J connectivity index is 1.62. The highest BCUT2D eigenvalue weighted by Crippen LogP contribution is 2.25. The van der Waals surface area contributed by atoms with Crippen molar-refractivity contribution in [3.63, 3.8) is 0 Å². The van der Waals surface area contributed by atoms with Crippen molar-refractivity contribution < 1.29 is 9.59 Å². The average Bonchev–Trinajstić information content (AvgIpc) is 2.96. The maximum atomic E-state index is 12.7. The average molecular weight is 414 g/mol. The van der Waals surface area contributed by atoms with E-state index >= 15 is 0 Å². The van der Waals surface area contributed by atoms with Gasteiger partial charge in [0.1, 0.15) is 4.83 Å². The molecule has 29 heavy (non-hydrogen) atoms. The smallest absolute Gasteiger partial charge is 0.316 e. The second-order valence-electron chi connectivity index (χ2n) is 6.86. The fourth-order valence-electron chi connectivity index (χ4n) is 3.05. The highest BCUT2D eigenvalue weighted by molar-refractivity contribution is 7.18. The quantitative estimate of drug-likeness (QED) is 0.576. The van der Waals surface area contributed by atoms with E-state index < -0.39 is 6.03 Å². The first-order valence-corrected chi connectivity index (χ1v) is 9.99. The zero-order valence-corrected chi connectivity index (χ0v) is 17.3. The summed E-state index contributed by atoms with van der Waals surface area (Å²) in [4.78, 5) is 42.0. The summed E-state index contributed by atoms with van der Waals surface area (Å²) in [6.07, 6.45) is 1.67. The molecule has 0 saturated carbocycles. The maximum Gasteiger partial charge on any atom is 0.316 e. The SMILES string of the molecule is Cc1sc2ncn(CCC(=O)NC(C)c3ccc(NC(N)=O)cc3)c(=O)c2c1C. The lowest BCUT2D eigenvalue weighted by molar-refractivity contribution is -0.121. The number of nitrogens with one attached hydrogen (secondary N) is 2. The lowest BCUT2D eigenvalue weighted by Gasteiger charge is -2.15. The first-order valence-electron chi connectivity index (χ1n) is 9.17. The number of rotatable bonds is 6. The van der Waals surface area contributed by atoms with E-state index in [4.69, 9.17) is 5.73 Å². The van der Waals surface area contributed by atoms with E-state index in [9.17, 15) is 14.4 Å². The number of hydrogen-bond acceptors (Lipinski definition) is 5. The van der Waals surface area contributed by atoms with Crippen LogP contribution < -0.4 is 21.9 Å². The van der Waals surface area contributed by atoms with E-state index in [1.165, 1.54) is 22.2 Å². The van der Waals surface area contributed by atoms with Crippen molar-refractivity contribution in [2.75, 3.05) is 5.32 Å². The molecule has 3 aromatic rings. The molecule has 152 valence electrons. The molecule has 4 N–H and O–H groups in total. The van der Waals surface area contributed by atoms with Gasteiger partial charge in [-0.25, -0.2) is 9.78 Å². The summed E-state index contributed by atoms with van der Waals surface area (Å²) in [6, 6.07) is 6.20. The number of hydrogen-bond donors (Lipinski definition) is 3. The first-order chi connectivity index (χ1) is 13.8. The number of amides is 3.